The van der Waals surface area contributed by atoms with Gasteiger partial charge in [0, 0.05) is 80.6 Å². The molecule has 0 amide bonds. The predicted octanol–water partition coefficient (Wildman–Crippen LogP) is 5.86. The third kappa shape index (κ3) is 12.4. The van der Waals surface area contributed by atoms with Gasteiger partial charge < -0.3 is 54.0 Å². The molecule has 3 saturated carbocycles. The first-order valence-corrected chi connectivity index (χ1v) is 24.7. The van der Waals surface area contributed by atoms with Crippen LogP contribution in [0.4, 0.5) is 0 Å². The van der Waals surface area contributed by atoms with Crippen LogP contribution in [-0.4, -0.2) is 126 Å². The van der Waals surface area contributed by atoms with E-state index in [-0.39, 0.29) is 0 Å². The van der Waals surface area contributed by atoms with Crippen molar-refractivity contribution in [3.05, 3.63) is 0 Å². The SMILES string of the molecule is CCO[Si](CC1CCC2OC2C1)(OCC)OCC.CO[Si](CC1CCC2OC2C1)(OC)OC.CO[Si](CCC1CCC2OC2C1)(OC)OC. The first-order chi connectivity index (χ1) is 23.7. The van der Waals surface area contributed by atoms with Crippen LogP contribution in [0.1, 0.15) is 85.0 Å². The highest BCUT2D eigenvalue weighted by Gasteiger charge is 2.50. The molecule has 3 saturated heterocycles. The molecule has 12 nitrogen and oxygen atoms in total. The Hall–Kier alpha value is 0.171. The molecule has 6 fully saturated rings. The zero-order valence-corrected chi connectivity index (χ0v) is 34.9. The number of hydrogen-bond acceptors (Lipinski definition) is 12. The van der Waals surface area contributed by atoms with E-state index in [1.165, 1.54) is 44.9 Å². The topological polar surface area (TPSA) is 121 Å². The molecule has 3 aliphatic carbocycles. The third-order valence-corrected chi connectivity index (χ3v) is 20.2. The minimum atomic E-state index is -2.45. The maximum Gasteiger partial charge on any atom is 0.501 e. The summed E-state index contributed by atoms with van der Waals surface area (Å²) in [5.41, 5.74) is 0. The van der Waals surface area contributed by atoms with Gasteiger partial charge in [-0.15, -0.1) is 0 Å². The summed E-state index contributed by atoms with van der Waals surface area (Å²) in [6.45, 7) is 8.05. The average molecular weight is 753 g/mol. The van der Waals surface area contributed by atoms with Crippen LogP contribution in [0.25, 0.3) is 0 Å². The van der Waals surface area contributed by atoms with Gasteiger partial charge in [-0.3, -0.25) is 0 Å². The van der Waals surface area contributed by atoms with Crippen molar-refractivity contribution in [3.8, 4) is 0 Å². The van der Waals surface area contributed by atoms with Crippen molar-refractivity contribution >= 4 is 26.4 Å². The zero-order valence-electron chi connectivity index (χ0n) is 31.9. The number of rotatable bonds is 19. The summed E-state index contributed by atoms with van der Waals surface area (Å²) < 4.78 is 67.0. The van der Waals surface area contributed by atoms with Crippen molar-refractivity contribution in [2.24, 2.45) is 17.8 Å². The van der Waals surface area contributed by atoms with E-state index >= 15 is 0 Å². The van der Waals surface area contributed by atoms with Crippen molar-refractivity contribution < 1.29 is 54.0 Å². The van der Waals surface area contributed by atoms with Gasteiger partial charge in [0.1, 0.15) is 0 Å². The van der Waals surface area contributed by atoms with E-state index in [0.717, 1.165) is 43.3 Å². The first-order valence-electron chi connectivity index (χ1n) is 18.9. The van der Waals surface area contributed by atoms with Gasteiger partial charge >= 0.3 is 26.4 Å². The summed E-state index contributed by atoms with van der Waals surface area (Å²) in [5, 5.41) is 0. The van der Waals surface area contributed by atoms with E-state index in [1.54, 1.807) is 42.7 Å². The quantitative estimate of drug-likeness (QED) is 0.116. The van der Waals surface area contributed by atoms with Gasteiger partial charge in [0.15, 0.2) is 0 Å². The molecule has 3 heterocycles. The molecule has 6 aliphatic rings. The Bertz CT molecular complexity index is 911. The van der Waals surface area contributed by atoms with Crippen LogP contribution in [0, 0.1) is 17.8 Å². The van der Waals surface area contributed by atoms with E-state index in [0.29, 0.717) is 68.3 Å². The Kier molecular flexibility index (Phi) is 17.1. The maximum absolute atomic E-state index is 5.92. The van der Waals surface area contributed by atoms with Crippen LogP contribution in [0.3, 0.4) is 0 Å². The Morgan fingerprint density at radius 3 is 1.12 bits per heavy atom. The van der Waals surface area contributed by atoms with Crippen LogP contribution in [-0.2, 0) is 54.0 Å². The van der Waals surface area contributed by atoms with E-state index < -0.39 is 26.4 Å². The lowest BCUT2D eigenvalue weighted by Crippen LogP contribution is -2.47. The van der Waals surface area contributed by atoms with Crippen molar-refractivity contribution in [2.45, 2.75) is 140 Å². The summed E-state index contributed by atoms with van der Waals surface area (Å²) >= 11 is 0. The van der Waals surface area contributed by atoms with Crippen molar-refractivity contribution in [2.75, 3.05) is 62.5 Å². The molecule has 0 aromatic carbocycles. The van der Waals surface area contributed by atoms with Gasteiger partial charge in [-0.05, 0) is 103 Å². The van der Waals surface area contributed by atoms with Crippen LogP contribution >= 0.6 is 0 Å². The van der Waals surface area contributed by atoms with E-state index in [1.807, 2.05) is 20.8 Å². The molecular formula is C34H68O12Si3. The fourth-order valence-corrected chi connectivity index (χ4v) is 15.2. The molecule has 0 bridgehead atoms. The monoisotopic (exact) mass is 752 g/mol. The molecular weight excluding hydrogens is 685 g/mol. The molecule has 15 heteroatoms. The second kappa shape index (κ2) is 20.0. The Morgan fingerprint density at radius 1 is 0.429 bits per heavy atom. The molecule has 0 N–H and O–H groups in total. The number of fused-ring (bicyclic) bond motifs is 3. The summed E-state index contributed by atoms with van der Waals surface area (Å²) in [6.07, 6.45) is 15.3. The average Bonchev–Trinajstić information content (AvgIpc) is 4.01. The third-order valence-electron chi connectivity index (χ3n) is 11.2. The molecule has 0 aromatic rings. The highest BCUT2D eigenvalue weighted by atomic mass is 28.4. The summed E-state index contributed by atoms with van der Waals surface area (Å²) in [5.74, 6) is 2.04. The Morgan fingerprint density at radius 2 is 0.776 bits per heavy atom. The van der Waals surface area contributed by atoms with Gasteiger partial charge in [-0.1, -0.05) is 0 Å². The molecule has 9 atom stereocenters. The largest absolute Gasteiger partial charge is 0.501 e. The lowest BCUT2D eigenvalue weighted by Gasteiger charge is -2.32. The first kappa shape index (κ1) is 41.9. The second-order valence-electron chi connectivity index (χ2n) is 14.2. The molecule has 6 rings (SSSR count). The minimum absolute atomic E-state index is 0.514. The zero-order chi connectivity index (χ0) is 35.5. The highest BCUT2D eigenvalue weighted by Crippen LogP contribution is 2.44. The Labute approximate surface area is 299 Å². The van der Waals surface area contributed by atoms with Crippen LogP contribution in [0.15, 0.2) is 0 Å². The van der Waals surface area contributed by atoms with Crippen LogP contribution in [0.5, 0.6) is 0 Å². The summed E-state index contributed by atoms with van der Waals surface area (Å²) in [7, 11) is 2.91. The van der Waals surface area contributed by atoms with Gasteiger partial charge in [-0.2, -0.15) is 0 Å². The summed E-state index contributed by atoms with van der Waals surface area (Å²) in [4.78, 5) is 0. The molecule has 288 valence electrons. The lowest BCUT2D eigenvalue weighted by atomic mass is 9.88. The van der Waals surface area contributed by atoms with E-state index in [2.05, 4.69) is 0 Å². The van der Waals surface area contributed by atoms with E-state index in [9.17, 15) is 0 Å². The molecule has 0 aromatic heterocycles. The number of hydrogen-bond donors (Lipinski definition) is 0. The molecule has 0 radical (unpaired) electrons. The molecule has 9 unspecified atom stereocenters. The van der Waals surface area contributed by atoms with Gasteiger partial charge in [0.25, 0.3) is 0 Å². The minimum Gasteiger partial charge on any atom is -0.377 e. The smallest absolute Gasteiger partial charge is 0.377 e. The van der Waals surface area contributed by atoms with Crippen LogP contribution < -0.4 is 0 Å². The maximum atomic E-state index is 5.92. The van der Waals surface area contributed by atoms with Crippen molar-refractivity contribution in [1.29, 1.82) is 0 Å². The standard InChI is InChI=1S/C13H26O4Si.C11H22O4Si.C10H20O4Si/c1-4-14-18(15-5-2,16-6-3)10-11-7-8-12-13(9-11)17-12;1-12-16(13-2,14-3)7-6-9-4-5-10-11(8-9)15-10;1-11-15(12-2,13-3)7-8-4-5-9-10(6-8)14-9/h11-13H,4-10H2,1-3H3;9-11H,4-8H2,1-3H3;8-10H,4-7H2,1-3H3. The highest BCUT2D eigenvalue weighted by molar-refractivity contribution is 6.61. The van der Waals surface area contributed by atoms with Crippen LogP contribution in [0.2, 0.25) is 18.1 Å². The normalized spacial score (nSPS) is 33.1. The lowest BCUT2D eigenvalue weighted by molar-refractivity contribution is 0.0655. The fourth-order valence-electron chi connectivity index (χ4n) is 8.20. The van der Waals surface area contributed by atoms with Crippen molar-refractivity contribution in [3.63, 3.8) is 0 Å². The van der Waals surface area contributed by atoms with Crippen molar-refractivity contribution in [1.82, 2.24) is 0 Å². The van der Waals surface area contributed by atoms with Gasteiger partial charge in [0.05, 0.1) is 36.6 Å². The van der Waals surface area contributed by atoms with Gasteiger partial charge in [-0.25, -0.2) is 0 Å². The molecule has 3 aliphatic heterocycles. The number of epoxide rings is 3. The van der Waals surface area contributed by atoms with Gasteiger partial charge in [0.2, 0.25) is 0 Å². The fraction of sp³-hybridized carbons (Fsp3) is 1.00. The summed E-state index contributed by atoms with van der Waals surface area (Å²) in [6, 6.07) is 2.79. The number of ether oxygens (including phenoxy) is 3. The molecule has 0 spiro atoms. The second-order valence-corrected chi connectivity index (χ2v) is 22.9. The Balaban J connectivity index is 0.000000166. The van der Waals surface area contributed by atoms with E-state index in [4.69, 9.17) is 54.0 Å². The molecule has 49 heavy (non-hydrogen) atoms. The predicted molar refractivity (Wildman–Crippen MR) is 191 cm³/mol.